The first-order valence-corrected chi connectivity index (χ1v) is 6.86. The lowest BCUT2D eigenvalue weighted by Crippen LogP contribution is -2.17. The van der Waals surface area contributed by atoms with Crippen LogP contribution in [0.25, 0.3) is 0 Å². The highest BCUT2D eigenvalue weighted by molar-refractivity contribution is 7.08. The summed E-state index contributed by atoms with van der Waals surface area (Å²) in [6, 6.07) is 3.09. The minimum atomic E-state index is -0.588. The van der Waals surface area contributed by atoms with Gasteiger partial charge >= 0.3 is 0 Å². The summed E-state index contributed by atoms with van der Waals surface area (Å²) in [5.74, 6) is -1.45. The number of carbonyl (C=O) groups excluding carboxylic acids is 1. The number of hydrogen-bond donors (Lipinski definition) is 0. The maximum Gasteiger partial charge on any atom is 0.180 e. The molecule has 0 radical (unpaired) electrons. The molecule has 0 saturated carbocycles. The van der Waals surface area contributed by atoms with Crippen LogP contribution in [0.3, 0.4) is 0 Å². The van der Waals surface area contributed by atoms with Crippen molar-refractivity contribution in [3.63, 3.8) is 0 Å². The highest BCUT2D eigenvalue weighted by atomic mass is 32.1. The van der Waals surface area contributed by atoms with Crippen molar-refractivity contribution in [3.8, 4) is 0 Å². The van der Waals surface area contributed by atoms with Crippen LogP contribution in [0.2, 0.25) is 0 Å². The van der Waals surface area contributed by atoms with Crippen LogP contribution >= 0.6 is 11.5 Å². The number of ketones is 1. The van der Waals surface area contributed by atoms with E-state index >= 15 is 0 Å². The number of aromatic nitrogens is 2. The summed E-state index contributed by atoms with van der Waals surface area (Å²) in [5, 5.41) is 3.97. The third-order valence-electron chi connectivity index (χ3n) is 2.81. The van der Waals surface area contributed by atoms with Crippen LogP contribution in [0, 0.1) is 11.6 Å². The molecule has 0 N–H and O–H groups in total. The molecular formula is C14H14F2N2OS. The van der Waals surface area contributed by atoms with Crippen LogP contribution < -0.4 is 0 Å². The van der Waals surface area contributed by atoms with Crippen molar-refractivity contribution < 1.29 is 13.6 Å². The Kier molecular flexibility index (Phi) is 3.94. The molecule has 0 bridgehead atoms. The molecule has 0 aliphatic heterocycles. The molecule has 3 nitrogen and oxygen atoms in total. The zero-order chi connectivity index (χ0) is 14.9. The topological polar surface area (TPSA) is 42.9 Å². The van der Waals surface area contributed by atoms with Gasteiger partial charge in [0.1, 0.15) is 16.5 Å². The van der Waals surface area contributed by atoms with Crippen molar-refractivity contribution >= 4 is 17.3 Å². The lowest BCUT2D eigenvalue weighted by Gasteiger charge is -2.15. The van der Waals surface area contributed by atoms with Gasteiger partial charge in [-0.2, -0.15) is 0 Å². The highest BCUT2D eigenvalue weighted by Crippen LogP contribution is 2.27. The lowest BCUT2D eigenvalue weighted by atomic mass is 9.90. The quantitative estimate of drug-likeness (QED) is 0.814. The van der Waals surface area contributed by atoms with E-state index in [0.29, 0.717) is 10.6 Å². The number of halogens is 2. The zero-order valence-corrected chi connectivity index (χ0v) is 12.2. The van der Waals surface area contributed by atoms with Crippen molar-refractivity contribution in [2.75, 3.05) is 0 Å². The molecular weight excluding hydrogens is 282 g/mol. The predicted octanol–water partition coefficient (Wildman–Crippen LogP) is 3.54. The van der Waals surface area contributed by atoms with Gasteiger partial charge in [-0.05, 0) is 35.3 Å². The molecule has 0 spiro atoms. The van der Waals surface area contributed by atoms with Gasteiger partial charge in [0.25, 0.3) is 0 Å². The summed E-state index contributed by atoms with van der Waals surface area (Å²) in [5.41, 5.74) is 0.311. The van der Waals surface area contributed by atoms with Crippen LogP contribution in [-0.4, -0.2) is 15.4 Å². The largest absolute Gasteiger partial charge is 0.293 e. The van der Waals surface area contributed by atoms with E-state index in [1.807, 2.05) is 20.8 Å². The van der Waals surface area contributed by atoms with E-state index in [9.17, 15) is 13.6 Å². The number of hydrogen-bond acceptors (Lipinski definition) is 4. The maximum absolute atomic E-state index is 13.6. The molecule has 1 aromatic heterocycles. The monoisotopic (exact) mass is 296 g/mol. The van der Waals surface area contributed by atoms with Gasteiger partial charge in [-0.15, -0.1) is 5.10 Å². The fourth-order valence-electron chi connectivity index (χ4n) is 1.80. The van der Waals surface area contributed by atoms with E-state index in [1.165, 1.54) is 0 Å². The van der Waals surface area contributed by atoms with Crippen molar-refractivity contribution in [2.45, 2.75) is 32.6 Å². The lowest BCUT2D eigenvalue weighted by molar-refractivity contribution is 0.0993. The summed E-state index contributed by atoms with van der Waals surface area (Å²) >= 11 is 0.987. The number of nitrogens with zero attached hydrogens (tertiary/aromatic N) is 2. The van der Waals surface area contributed by atoms with Crippen LogP contribution in [0.15, 0.2) is 18.2 Å². The summed E-state index contributed by atoms with van der Waals surface area (Å²) in [7, 11) is 0. The minimum absolute atomic E-state index is 0.0447. The Bertz CT molecular complexity index is 647. The molecule has 0 amide bonds. The normalized spacial score (nSPS) is 11.7. The van der Waals surface area contributed by atoms with Gasteiger partial charge in [-0.25, -0.2) is 8.78 Å². The van der Waals surface area contributed by atoms with Crippen molar-refractivity contribution in [2.24, 2.45) is 0 Å². The van der Waals surface area contributed by atoms with Gasteiger partial charge in [0.2, 0.25) is 0 Å². The molecule has 1 heterocycles. The predicted molar refractivity (Wildman–Crippen MR) is 73.0 cm³/mol. The molecule has 0 atom stereocenters. The van der Waals surface area contributed by atoms with Crippen molar-refractivity contribution in [1.29, 1.82) is 0 Å². The Hall–Kier alpha value is -1.69. The average molecular weight is 296 g/mol. The summed E-state index contributed by atoms with van der Waals surface area (Å²) in [6.07, 6.45) is -0.198. The molecule has 2 aromatic rings. The molecule has 0 saturated heterocycles. The molecule has 106 valence electrons. The van der Waals surface area contributed by atoms with Gasteiger partial charge in [-0.1, -0.05) is 25.3 Å². The maximum atomic E-state index is 13.6. The molecule has 6 heteroatoms. The third-order valence-corrected chi connectivity index (χ3v) is 3.58. The second-order valence-electron chi connectivity index (χ2n) is 5.54. The standard InChI is InChI=1S/C14H14F2N2OS/c1-14(2,3)13-12(20-18-17-13)11(19)7-8-6-9(15)4-5-10(8)16/h4-6H,7H2,1-3H3. The van der Waals surface area contributed by atoms with Crippen molar-refractivity contribution in [3.05, 3.63) is 46.0 Å². The molecule has 1 aromatic carbocycles. The number of carbonyl (C=O) groups is 1. The van der Waals surface area contributed by atoms with E-state index in [0.717, 1.165) is 29.7 Å². The minimum Gasteiger partial charge on any atom is -0.293 e. The molecule has 0 aliphatic rings. The van der Waals surface area contributed by atoms with Crippen LogP contribution in [0.5, 0.6) is 0 Å². The summed E-state index contributed by atoms with van der Waals surface area (Å²) < 4.78 is 30.5. The highest BCUT2D eigenvalue weighted by Gasteiger charge is 2.26. The number of benzene rings is 1. The first-order valence-electron chi connectivity index (χ1n) is 6.09. The second-order valence-corrected chi connectivity index (χ2v) is 6.29. The van der Waals surface area contributed by atoms with E-state index in [-0.39, 0.29) is 23.2 Å². The fourth-order valence-corrected chi connectivity index (χ4v) is 2.61. The molecule has 0 fully saturated rings. The fraction of sp³-hybridized carbons (Fsp3) is 0.357. The first kappa shape index (κ1) is 14.7. The van der Waals surface area contributed by atoms with Crippen molar-refractivity contribution in [1.82, 2.24) is 9.59 Å². The average Bonchev–Trinajstić information content (AvgIpc) is 2.82. The Morgan fingerprint density at radius 3 is 2.65 bits per heavy atom. The van der Waals surface area contributed by atoms with Gasteiger partial charge in [-0.3, -0.25) is 4.79 Å². The molecule has 2 rings (SSSR count). The van der Waals surface area contributed by atoms with Gasteiger partial charge in [0.05, 0.1) is 5.69 Å². The van der Waals surface area contributed by atoms with E-state index in [1.54, 1.807) is 0 Å². The van der Waals surface area contributed by atoms with Crippen LogP contribution in [-0.2, 0) is 11.8 Å². The SMILES string of the molecule is CC(C)(C)c1nnsc1C(=O)Cc1cc(F)ccc1F. The Balaban J connectivity index is 2.30. The Morgan fingerprint density at radius 1 is 1.30 bits per heavy atom. The Labute approximate surface area is 119 Å². The Morgan fingerprint density at radius 2 is 2.00 bits per heavy atom. The van der Waals surface area contributed by atoms with E-state index in [2.05, 4.69) is 9.59 Å². The summed E-state index contributed by atoms with van der Waals surface area (Å²) in [4.78, 5) is 12.7. The molecule has 0 aliphatic carbocycles. The number of rotatable bonds is 3. The zero-order valence-electron chi connectivity index (χ0n) is 11.4. The third kappa shape index (κ3) is 3.07. The first-order chi connectivity index (χ1) is 9.29. The molecule has 20 heavy (non-hydrogen) atoms. The smallest absolute Gasteiger partial charge is 0.180 e. The number of Topliss-reactive ketones (excluding diaryl/α,β-unsaturated/α-hetero) is 1. The van der Waals surface area contributed by atoms with Crippen LogP contribution in [0.1, 0.15) is 41.7 Å². The van der Waals surface area contributed by atoms with E-state index in [4.69, 9.17) is 0 Å². The van der Waals surface area contributed by atoms with Gasteiger partial charge in [0, 0.05) is 11.8 Å². The summed E-state index contributed by atoms with van der Waals surface area (Å²) in [6.45, 7) is 5.76. The van der Waals surface area contributed by atoms with Gasteiger partial charge in [0.15, 0.2) is 5.78 Å². The second kappa shape index (κ2) is 5.36. The van der Waals surface area contributed by atoms with Gasteiger partial charge < -0.3 is 0 Å². The van der Waals surface area contributed by atoms with Crippen LogP contribution in [0.4, 0.5) is 8.78 Å². The molecule has 0 unspecified atom stereocenters. The van der Waals surface area contributed by atoms with E-state index < -0.39 is 11.6 Å².